The van der Waals surface area contributed by atoms with Crippen LogP contribution in [0.2, 0.25) is 0 Å². The van der Waals surface area contributed by atoms with E-state index in [1.165, 1.54) is 17.8 Å². The first-order valence-electron chi connectivity index (χ1n) is 8.93. The van der Waals surface area contributed by atoms with Gasteiger partial charge in [-0.3, -0.25) is 4.79 Å². The minimum absolute atomic E-state index is 0.192. The summed E-state index contributed by atoms with van der Waals surface area (Å²) in [5, 5.41) is 11.1. The van der Waals surface area contributed by atoms with Gasteiger partial charge >= 0.3 is 0 Å². The molecule has 29 heavy (non-hydrogen) atoms. The molecule has 152 valence electrons. The first-order valence-corrected chi connectivity index (χ1v) is 9.81. The largest absolute Gasteiger partial charge is 0.497 e. The number of rotatable bonds is 7. The van der Waals surface area contributed by atoms with Crippen LogP contribution in [-0.4, -0.2) is 33.0 Å². The fraction of sp³-hybridized carbons (Fsp3) is 0.250. The van der Waals surface area contributed by atoms with Crippen LogP contribution in [0.25, 0.3) is 11.4 Å². The third-order valence-electron chi connectivity index (χ3n) is 4.22. The predicted octanol–water partition coefficient (Wildman–Crippen LogP) is 4.37. The van der Waals surface area contributed by atoms with Gasteiger partial charge in [-0.15, -0.1) is 10.2 Å². The summed E-state index contributed by atoms with van der Waals surface area (Å²) in [5.41, 5.74) is 1.07. The van der Waals surface area contributed by atoms with Gasteiger partial charge in [0.2, 0.25) is 5.91 Å². The van der Waals surface area contributed by atoms with Crippen LogP contribution in [-0.2, 0) is 11.3 Å². The number of halogens is 2. The number of nitrogens with one attached hydrogen (secondary N) is 1. The van der Waals surface area contributed by atoms with Gasteiger partial charge in [-0.25, -0.2) is 8.78 Å². The maximum atomic E-state index is 13.3. The van der Waals surface area contributed by atoms with Crippen molar-refractivity contribution in [1.29, 1.82) is 0 Å². The number of ether oxygens (including phenoxy) is 1. The van der Waals surface area contributed by atoms with Crippen LogP contribution in [0.1, 0.15) is 13.8 Å². The van der Waals surface area contributed by atoms with E-state index in [4.69, 9.17) is 4.74 Å². The number of hydrogen-bond donors (Lipinski definition) is 1. The molecule has 0 bridgehead atoms. The van der Waals surface area contributed by atoms with Gasteiger partial charge in [-0.1, -0.05) is 11.8 Å². The van der Waals surface area contributed by atoms with Gasteiger partial charge in [0.05, 0.1) is 12.4 Å². The minimum Gasteiger partial charge on any atom is -0.497 e. The molecule has 0 aliphatic heterocycles. The normalized spacial score (nSPS) is 11.9. The molecule has 1 amide bonds. The number of hydrogen-bond acceptors (Lipinski definition) is 5. The Morgan fingerprint density at radius 2 is 1.90 bits per heavy atom. The van der Waals surface area contributed by atoms with Crippen LogP contribution in [0.5, 0.6) is 5.75 Å². The van der Waals surface area contributed by atoms with Crippen LogP contribution >= 0.6 is 11.8 Å². The van der Waals surface area contributed by atoms with E-state index in [1.807, 2.05) is 35.8 Å². The lowest BCUT2D eigenvalue weighted by molar-refractivity contribution is -0.115. The van der Waals surface area contributed by atoms with Gasteiger partial charge in [-0.2, -0.15) is 0 Å². The van der Waals surface area contributed by atoms with E-state index in [2.05, 4.69) is 15.5 Å². The molecule has 1 atom stereocenters. The molecule has 0 aliphatic rings. The maximum absolute atomic E-state index is 13.3. The Kier molecular flexibility index (Phi) is 6.48. The highest BCUT2D eigenvalue weighted by molar-refractivity contribution is 8.00. The zero-order valence-corrected chi connectivity index (χ0v) is 17.0. The van der Waals surface area contributed by atoms with Crippen LogP contribution in [0, 0.1) is 11.6 Å². The topological polar surface area (TPSA) is 69.0 Å². The summed E-state index contributed by atoms with van der Waals surface area (Å²) in [6.07, 6.45) is 0. The Hall–Kier alpha value is -2.94. The molecule has 1 N–H and O–H groups in total. The monoisotopic (exact) mass is 418 g/mol. The number of anilines is 1. The summed E-state index contributed by atoms with van der Waals surface area (Å²) in [4.78, 5) is 12.4. The van der Waals surface area contributed by atoms with E-state index >= 15 is 0 Å². The van der Waals surface area contributed by atoms with Crippen LogP contribution < -0.4 is 10.1 Å². The second-order valence-electron chi connectivity index (χ2n) is 6.16. The Bertz CT molecular complexity index is 1010. The van der Waals surface area contributed by atoms with Gasteiger partial charge in [0, 0.05) is 23.9 Å². The molecular weight excluding hydrogens is 398 g/mol. The molecule has 0 saturated heterocycles. The van der Waals surface area contributed by atoms with Crippen molar-refractivity contribution in [1.82, 2.24) is 14.8 Å². The van der Waals surface area contributed by atoms with E-state index in [-0.39, 0.29) is 11.6 Å². The van der Waals surface area contributed by atoms with Crippen LogP contribution in [0.3, 0.4) is 0 Å². The smallest absolute Gasteiger partial charge is 0.237 e. The van der Waals surface area contributed by atoms with Gasteiger partial charge in [0.1, 0.15) is 5.75 Å². The Labute approximate surface area is 171 Å². The summed E-state index contributed by atoms with van der Waals surface area (Å²) in [6, 6.07) is 10.7. The van der Waals surface area contributed by atoms with Crippen LogP contribution in [0.15, 0.2) is 47.6 Å². The van der Waals surface area contributed by atoms with E-state index in [1.54, 1.807) is 14.0 Å². The molecule has 6 nitrogen and oxygen atoms in total. The highest BCUT2D eigenvalue weighted by atomic mass is 32.2. The number of methoxy groups -OCH3 is 1. The molecule has 9 heteroatoms. The number of aromatic nitrogens is 3. The lowest BCUT2D eigenvalue weighted by Crippen LogP contribution is -2.23. The Balaban J connectivity index is 1.74. The first-order chi connectivity index (χ1) is 13.9. The average molecular weight is 418 g/mol. The van der Waals surface area contributed by atoms with Gasteiger partial charge in [0.15, 0.2) is 22.6 Å². The minimum atomic E-state index is -1.02. The number of carbonyl (C=O) groups excluding carboxylic acids is 1. The maximum Gasteiger partial charge on any atom is 0.237 e. The fourth-order valence-electron chi connectivity index (χ4n) is 2.64. The van der Waals surface area contributed by atoms with Crippen molar-refractivity contribution in [2.24, 2.45) is 0 Å². The van der Waals surface area contributed by atoms with Crippen molar-refractivity contribution in [3.05, 3.63) is 54.1 Å². The van der Waals surface area contributed by atoms with E-state index in [9.17, 15) is 13.6 Å². The molecule has 1 aromatic heterocycles. The van der Waals surface area contributed by atoms with Gasteiger partial charge in [0.25, 0.3) is 0 Å². The second-order valence-corrected chi connectivity index (χ2v) is 7.47. The number of benzene rings is 2. The van der Waals surface area contributed by atoms with Crippen molar-refractivity contribution in [2.45, 2.75) is 30.8 Å². The third-order valence-corrected chi connectivity index (χ3v) is 5.30. The molecule has 2 aromatic carbocycles. The van der Waals surface area contributed by atoms with Crippen molar-refractivity contribution in [3.63, 3.8) is 0 Å². The summed E-state index contributed by atoms with van der Waals surface area (Å²) >= 11 is 1.24. The molecule has 0 saturated carbocycles. The summed E-state index contributed by atoms with van der Waals surface area (Å²) in [6.45, 7) is 4.29. The quantitative estimate of drug-likeness (QED) is 0.577. The number of nitrogens with zero attached hydrogens (tertiary/aromatic N) is 3. The lowest BCUT2D eigenvalue weighted by Gasteiger charge is -2.13. The van der Waals surface area contributed by atoms with Crippen molar-refractivity contribution >= 4 is 23.4 Å². The molecule has 0 spiro atoms. The van der Waals surface area contributed by atoms with Crippen LogP contribution in [0.4, 0.5) is 14.5 Å². The van der Waals surface area contributed by atoms with Crippen molar-refractivity contribution in [2.75, 3.05) is 12.4 Å². The molecule has 3 rings (SSSR count). The summed E-state index contributed by atoms with van der Waals surface area (Å²) < 4.78 is 33.4. The lowest BCUT2D eigenvalue weighted by atomic mass is 10.2. The SMILES string of the molecule is CCn1c(S[C@H](C)C(=O)Nc2ccc(F)c(F)c2)nnc1-c1ccc(OC)cc1. The first kappa shape index (κ1) is 20.8. The zero-order chi connectivity index (χ0) is 21.0. The Morgan fingerprint density at radius 3 is 2.52 bits per heavy atom. The van der Waals surface area contributed by atoms with Crippen molar-refractivity contribution < 1.29 is 18.3 Å². The van der Waals surface area contributed by atoms with Gasteiger partial charge in [-0.05, 0) is 50.2 Å². The molecule has 0 fully saturated rings. The van der Waals surface area contributed by atoms with Crippen molar-refractivity contribution in [3.8, 4) is 17.1 Å². The van der Waals surface area contributed by atoms with E-state index in [0.717, 1.165) is 23.4 Å². The highest BCUT2D eigenvalue weighted by Gasteiger charge is 2.21. The molecule has 0 unspecified atom stereocenters. The van der Waals surface area contributed by atoms with E-state index < -0.39 is 16.9 Å². The predicted molar refractivity (Wildman–Crippen MR) is 108 cm³/mol. The molecule has 3 aromatic rings. The van der Waals surface area contributed by atoms with Gasteiger partial charge < -0.3 is 14.6 Å². The molecule has 1 heterocycles. The zero-order valence-electron chi connectivity index (χ0n) is 16.1. The number of carbonyl (C=O) groups is 1. The third kappa shape index (κ3) is 4.73. The standard InChI is InChI=1S/C20H20F2N4O2S/c1-4-26-18(13-5-8-15(28-3)9-6-13)24-25-20(26)29-12(2)19(27)23-14-7-10-16(21)17(22)11-14/h5-12H,4H2,1-3H3,(H,23,27)/t12-/m1/s1. The summed E-state index contributed by atoms with van der Waals surface area (Å²) in [5.74, 6) is -0.901. The summed E-state index contributed by atoms with van der Waals surface area (Å²) in [7, 11) is 1.60. The Morgan fingerprint density at radius 1 is 1.17 bits per heavy atom. The fourth-order valence-corrected chi connectivity index (χ4v) is 3.56. The average Bonchev–Trinajstić information content (AvgIpc) is 3.13. The number of amides is 1. The molecule has 0 aliphatic carbocycles. The second kappa shape index (κ2) is 9.04. The van der Waals surface area contributed by atoms with E-state index in [0.29, 0.717) is 17.5 Å². The molecular formula is C20H20F2N4O2S. The highest BCUT2D eigenvalue weighted by Crippen LogP contribution is 2.28. The number of thioether (sulfide) groups is 1. The molecule has 0 radical (unpaired) electrons.